The minimum absolute atomic E-state index is 0.0586. The van der Waals surface area contributed by atoms with Crippen LogP contribution in [0, 0.1) is 0 Å². The third kappa shape index (κ3) is 6.51. The third-order valence-corrected chi connectivity index (χ3v) is 15.4. The summed E-state index contributed by atoms with van der Waals surface area (Å²) in [6.45, 7) is -0.429. The number of esters is 2. The van der Waals surface area contributed by atoms with Crippen molar-refractivity contribution >= 4 is 108 Å². The lowest BCUT2D eigenvalue weighted by molar-refractivity contribution is -0.183. The number of carbonyl (C=O) groups excluding carboxylic acids is 2. The van der Waals surface area contributed by atoms with Crippen molar-refractivity contribution in [3.63, 3.8) is 0 Å². The van der Waals surface area contributed by atoms with Crippen LogP contribution < -0.4 is 37.2 Å². The van der Waals surface area contributed by atoms with E-state index < -0.39 is 39.3 Å². The number of hydrogen-bond acceptors (Lipinski definition) is 14. The summed E-state index contributed by atoms with van der Waals surface area (Å²) in [5.41, 5.74) is -3.30. The lowest BCUT2D eigenvalue weighted by Crippen LogP contribution is -2.52. The first-order valence-electron chi connectivity index (χ1n) is 20.9. The molecule has 322 valence electrons. The molecule has 0 radical (unpaired) electrons. The fourth-order valence-corrected chi connectivity index (χ4v) is 12.2. The number of fused-ring (bicyclic) bond motifs is 9. The quantitative estimate of drug-likeness (QED) is 0.107. The molecule has 0 amide bonds. The number of nitrogens with zero attached hydrogens (tertiary/aromatic N) is 2. The Balaban J connectivity index is 1.05. The SMILES string of the molecule is O=C(OCc1ccccc1)C1(C(=O)OCc2ccccc2)Oc2c(sc3cc(N=c4c(=O)c5cc6ccccc6cc5c4=O)sc23)-c2sc(N=c3c(=O)c4cc5ccccc5cc4c3=O)cc21. The van der Waals surface area contributed by atoms with Crippen molar-refractivity contribution in [3.8, 4) is 15.5 Å². The number of ether oxygens (including phenoxy) is 3. The van der Waals surface area contributed by atoms with Gasteiger partial charge in [-0.1, -0.05) is 109 Å². The molecule has 0 atom stereocenters. The molecule has 11 aromatic rings. The van der Waals surface area contributed by atoms with Crippen LogP contribution in [0.3, 0.4) is 0 Å². The van der Waals surface area contributed by atoms with E-state index in [4.69, 9.17) is 14.2 Å². The van der Waals surface area contributed by atoms with Crippen molar-refractivity contribution < 1.29 is 23.8 Å². The predicted molar refractivity (Wildman–Crippen MR) is 261 cm³/mol. The highest BCUT2D eigenvalue weighted by Gasteiger charge is 2.59. The van der Waals surface area contributed by atoms with Gasteiger partial charge in [0, 0.05) is 27.1 Å². The molecule has 3 aromatic heterocycles. The Bertz CT molecular complexity index is 4040. The molecule has 0 aliphatic carbocycles. The Morgan fingerprint density at radius 1 is 0.493 bits per heavy atom. The molecule has 0 bridgehead atoms. The summed E-state index contributed by atoms with van der Waals surface area (Å²) in [4.78, 5) is 95.2. The maximum absolute atomic E-state index is 14.9. The van der Waals surface area contributed by atoms with Gasteiger partial charge >= 0.3 is 17.5 Å². The van der Waals surface area contributed by atoms with Crippen LogP contribution in [0.4, 0.5) is 10.0 Å². The molecule has 0 fully saturated rings. The predicted octanol–water partition coefficient (Wildman–Crippen LogP) is 9.04. The van der Waals surface area contributed by atoms with Crippen molar-refractivity contribution in [2.24, 2.45) is 9.98 Å². The molecule has 0 spiro atoms. The van der Waals surface area contributed by atoms with E-state index in [0.717, 1.165) is 44.2 Å². The average molecular weight is 933 g/mol. The Morgan fingerprint density at radius 2 is 0.910 bits per heavy atom. The fraction of sp³-hybridized carbons (Fsp3) is 0.0566. The molecule has 0 saturated heterocycles. The standard InChI is InChI=1S/C53H28N2O9S3/c56-43-33-19-29-15-7-8-16-30(29)20-34(33)44(57)41(43)54-39-23-37-48(66-39)50-47(64-53(37,51(60)62-25-27-11-3-1-4-12-27)52(61)63-26-28-13-5-2-6-14-28)49-38(65-50)24-40(67-49)55-42-45(58)35-21-31-17-9-10-18-32(31)22-36(35)46(42)59/h1-24H,25-26H2. The number of hydrogen-bond donors (Lipinski definition) is 0. The second-order valence-corrected chi connectivity index (χ2v) is 19.1. The first-order chi connectivity index (χ1) is 32.6. The van der Waals surface area contributed by atoms with Gasteiger partial charge in [0.1, 0.15) is 23.2 Å². The molecular weight excluding hydrogens is 905 g/mol. The number of carbonyl (C=O) groups is 2. The van der Waals surface area contributed by atoms with E-state index in [0.29, 0.717) is 35.3 Å². The van der Waals surface area contributed by atoms with Crippen molar-refractivity contribution in [1.29, 1.82) is 0 Å². The molecule has 14 heteroatoms. The van der Waals surface area contributed by atoms with Gasteiger partial charge in [-0.15, -0.1) is 34.0 Å². The zero-order valence-corrected chi connectivity index (χ0v) is 37.0. The smallest absolute Gasteiger partial charge is 0.367 e. The van der Waals surface area contributed by atoms with Gasteiger partial charge in [-0.05, 0) is 69.1 Å². The number of benzene rings is 6. The molecule has 0 N–H and O–H groups in total. The molecule has 12 rings (SSSR count). The van der Waals surface area contributed by atoms with Crippen LogP contribution in [0.15, 0.2) is 175 Å². The molecule has 4 heterocycles. The third-order valence-electron chi connectivity index (χ3n) is 11.9. The van der Waals surface area contributed by atoms with E-state index in [-0.39, 0.29) is 61.8 Å². The van der Waals surface area contributed by atoms with Crippen molar-refractivity contribution in [1.82, 2.24) is 0 Å². The van der Waals surface area contributed by atoms with Crippen molar-refractivity contribution in [2.75, 3.05) is 0 Å². The highest BCUT2D eigenvalue weighted by Crippen LogP contribution is 2.59. The van der Waals surface area contributed by atoms with E-state index in [1.165, 1.54) is 17.4 Å². The summed E-state index contributed by atoms with van der Waals surface area (Å²) >= 11 is 3.46. The van der Waals surface area contributed by atoms with Crippen LogP contribution in [-0.2, 0) is 37.9 Å². The van der Waals surface area contributed by atoms with Gasteiger partial charge in [0.25, 0.3) is 0 Å². The maximum atomic E-state index is 14.9. The topological polar surface area (TPSA) is 155 Å². The van der Waals surface area contributed by atoms with Gasteiger partial charge in [-0.2, -0.15) is 0 Å². The minimum Gasteiger partial charge on any atom is -0.457 e. The summed E-state index contributed by atoms with van der Waals surface area (Å²) in [7, 11) is 0. The average Bonchev–Trinajstić information content (AvgIpc) is 4.15. The monoisotopic (exact) mass is 932 g/mol. The largest absolute Gasteiger partial charge is 0.457 e. The zero-order chi connectivity index (χ0) is 45.6. The molecule has 8 aromatic carbocycles. The number of thiophene rings is 3. The van der Waals surface area contributed by atoms with Gasteiger partial charge in [-0.3, -0.25) is 19.2 Å². The maximum Gasteiger partial charge on any atom is 0.367 e. The number of rotatable bonds is 8. The minimum atomic E-state index is -2.57. The van der Waals surface area contributed by atoms with Crippen molar-refractivity contribution in [3.05, 3.63) is 214 Å². The highest BCUT2D eigenvalue weighted by atomic mass is 32.1. The van der Waals surface area contributed by atoms with Gasteiger partial charge in [0.2, 0.25) is 21.7 Å². The van der Waals surface area contributed by atoms with E-state index in [1.807, 2.05) is 60.7 Å². The van der Waals surface area contributed by atoms with Gasteiger partial charge in [-0.25, -0.2) is 19.6 Å². The Labute approximate surface area is 388 Å². The molecule has 1 aliphatic heterocycles. The lowest BCUT2D eigenvalue weighted by atomic mass is 9.91. The summed E-state index contributed by atoms with van der Waals surface area (Å²) in [6, 6.07) is 42.7. The van der Waals surface area contributed by atoms with Crippen LogP contribution in [-0.4, -0.2) is 11.9 Å². The van der Waals surface area contributed by atoms with E-state index in [9.17, 15) is 28.8 Å². The lowest BCUT2D eigenvalue weighted by Gasteiger charge is -2.33. The first-order valence-corrected chi connectivity index (χ1v) is 23.3. The Hall–Kier alpha value is -8.04. The zero-order valence-electron chi connectivity index (χ0n) is 34.6. The second-order valence-electron chi connectivity index (χ2n) is 16.0. The molecular formula is C53H28N2O9S3. The van der Waals surface area contributed by atoms with Crippen LogP contribution in [0.2, 0.25) is 0 Å². The normalized spacial score (nSPS) is 12.9. The van der Waals surface area contributed by atoms with Crippen LogP contribution in [0.1, 0.15) is 16.7 Å². The fourth-order valence-electron chi connectivity index (χ4n) is 8.63. The van der Waals surface area contributed by atoms with E-state index in [2.05, 4.69) is 9.98 Å². The molecule has 67 heavy (non-hydrogen) atoms. The van der Waals surface area contributed by atoms with Gasteiger partial charge in [0.15, 0.2) is 16.5 Å². The highest BCUT2D eigenvalue weighted by molar-refractivity contribution is 7.33. The van der Waals surface area contributed by atoms with Crippen LogP contribution in [0.25, 0.3) is 62.2 Å². The Kier molecular flexibility index (Phi) is 9.39. The van der Waals surface area contributed by atoms with Crippen LogP contribution in [0.5, 0.6) is 5.75 Å². The van der Waals surface area contributed by atoms with Gasteiger partial charge < -0.3 is 14.2 Å². The first kappa shape index (κ1) is 40.5. The summed E-state index contributed by atoms with van der Waals surface area (Å²) in [5.74, 6) is -2.01. The summed E-state index contributed by atoms with van der Waals surface area (Å²) in [5, 5.41) is 4.17. The molecule has 0 unspecified atom stereocenters. The molecule has 0 saturated carbocycles. The van der Waals surface area contributed by atoms with Crippen molar-refractivity contribution in [2.45, 2.75) is 18.8 Å². The van der Waals surface area contributed by atoms with E-state index in [1.54, 1.807) is 78.9 Å². The van der Waals surface area contributed by atoms with E-state index >= 15 is 0 Å². The van der Waals surface area contributed by atoms with Crippen LogP contribution >= 0.6 is 34.0 Å². The summed E-state index contributed by atoms with van der Waals surface area (Å²) in [6.07, 6.45) is 0. The second kappa shape index (κ2) is 15.6. The molecule has 11 nitrogen and oxygen atoms in total. The molecule has 1 aliphatic rings. The van der Waals surface area contributed by atoms with Gasteiger partial charge in [0.05, 0.1) is 19.2 Å². The summed E-state index contributed by atoms with van der Waals surface area (Å²) < 4.78 is 19.7. The Morgan fingerprint density at radius 3 is 1.36 bits per heavy atom.